The van der Waals surface area contributed by atoms with Gasteiger partial charge in [-0.2, -0.15) is 4.98 Å². The van der Waals surface area contributed by atoms with Gasteiger partial charge in [-0.1, -0.05) is 19.0 Å². The van der Waals surface area contributed by atoms with Crippen LogP contribution in [-0.4, -0.2) is 51.1 Å². The first kappa shape index (κ1) is 16.5. The Morgan fingerprint density at radius 2 is 2.26 bits per heavy atom. The first-order valence-corrected chi connectivity index (χ1v) is 9.05. The Hall–Kier alpha value is -1.31. The second-order valence-corrected chi connectivity index (χ2v) is 7.72. The van der Waals surface area contributed by atoms with Crippen molar-refractivity contribution in [2.75, 3.05) is 20.1 Å². The van der Waals surface area contributed by atoms with Crippen molar-refractivity contribution in [2.45, 2.75) is 52.2 Å². The lowest BCUT2D eigenvalue weighted by molar-refractivity contribution is 0.215. The third-order valence-corrected chi connectivity index (χ3v) is 5.11. The molecule has 1 atom stereocenters. The maximum atomic E-state index is 5.29. The Kier molecular flexibility index (Phi) is 5.08. The number of hydrogen-bond donors (Lipinski definition) is 0. The lowest BCUT2D eigenvalue weighted by atomic mass is 10.2. The highest BCUT2D eigenvalue weighted by Gasteiger charge is 2.27. The van der Waals surface area contributed by atoms with Gasteiger partial charge in [0.25, 0.3) is 0 Å². The molecule has 0 amide bonds. The minimum absolute atomic E-state index is 0.282. The summed E-state index contributed by atoms with van der Waals surface area (Å²) >= 11 is 1.73. The summed E-state index contributed by atoms with van der Waals surface area (Å²) in [6.45, 7) is 10.1. The van der Waals surface area contributed by atoms with Crippen LogP contribution in [0.4, 0.5) is 0 Å². The van der Waals surface area contributed by atoms with E-state index in [0.29, 0.717) is 6.04 Å². The summed E-state index contributed by atoms with van der Waals surface area (Å²) in [7, 11) is 2.15. The molecule has 1 aliphatic heterocycles. The predicted molar refractivity (Wildman–Crippen MR) is 90.4 cm³/mol. The monoisotopic (exact) mass is 335 g/mol. The van der Waals surface area contributed by atoms with Gasteiger partial charge >= 0.3 is 0 Å². The SMILES string of the molecule is Cc1nc(CN2CC[C@@H](N(C)Cc3noc(C(C)C)n3)C2)cs1. The molecule has 2 aromatic heterocycles. The maximum Gasteiger partial charge on any atom is 0.229 e. The van der Waals surface area contributed by atoms with Gasteiger partial charge in [-0.05, 0) is 20.4 Å². The molecular formula is C16H25N5OS. The van der Waals surface area contributed by atoms with Crippen LogP contribution in [0.1, 0.15) is 48.6 Å². The number of aromatic nitrogens is 3. The molecule has 1 saturated heterocycles. The van der Waals surface area contributed by atoms with E-state index in [1.54, 1.807) is 11.3 Å². The molecular weight excluding hydrogens is 310 g/mol. The Balaban J connectivity index is 1.51. The molecule has 0 N–H and O–H groups in total. The fourth-order valence-electron chi connectivity index (χ4n) is 2.94. The lowest BCUT2D eigenvalue weighted by Crippen LogP contribution is -2.34. The summed E-state index contributed by atoms with van der Waals surface area (Å²) in [5.74, 6) is 1.79. The highest BCUT2D eigenvalue weighted by Crippen LogP contribution is 2.20. The van der Waals surface area contributed by atoms with Crippen LogP contribution in [0.5, 0.6) is 0 Å². The standard InChI is InChI=1S/C16H25N5OS/c1-11(2)16-18-15(19-22-16)9-20(4)14-5-6-21(8-14)7-13-10-23-12(3)17-13/h10-11,14H,5-9H2,1-4H3/t14-/m1/s1. The molecule has 0 aromatic carbocycles. The minimum atomic E-state index is 0.282. The largest absolute Gasteiger partial charge is 0.339 e. The zero-order valence-corrected chi connectivity index (χ0v) is 15.1. The predicted octanol–water partition coefficient (Wildman–Crippen LogP) is 2.66. The van der Waals surface area contributed by atoms with Crippen LogP contribution in [0.15, 0.2) is 9.90 Å². The van der Waals surface area contributed by atoms with Crippen molar-refractivity contribution in [1.29, 1.82) is 0 Å². The summed E-state index contributed by atoms with van der Waals surface area (Å²) in [5, 5.41) is 7.40. The van der Waals surface area contributed by atoms with Gasteiger partial charge in [0.2, 0.25) is 5.89 Å². The molecule has 2 aromatic rings. The van der Waals surface area contributed by atoms with E-state index >= 15 is 0 Å². The lowest BCUT2D eigenvalue weighted by Gasteiger charge is -2.23. The first-order chi connectivity index (χ1) is 11.0. The van der Waals surface area contributed by atoms with Crippen LogP contribution in [0.3, 0.4) is 0 Å². The van der Waals surface area contributed by atoms with Gasteiger partial charge in [0, 0.05) is 37.0 Å². The molecule has 3 rings (SSSR count). The smallest absolute Gasteiger partial charge is 0.229 e. The molecule has 1 fully saturated rings. The summed E-state index contributed by atoms with van der Waals surface area (Å²) < 4.78 is 5.29. The fraction of sp³-hybridized carbons (Fsp3) is 0.688. The summed E-state index contributed by atoms with van der Waals surface area (Å²) in [6.07, 6.45) is 1.18. The molecule has 3 heterocycles. The van der Waals surface area contributed by atoms with E-state index in [2.05, 4.69) is 58.1 Å². The Morgan fingerprint density at radius 3 is 2.91 bits per heavy atom. The normalized spacial score (nSPS) is 19.3. The summed E-state index contributed by atoms with van der Waals surface area (Å²) in [5.41, 5.74) is 1.19. The first-order valence-electron chi connectivity index (χ1n) is 8.17. The van der Waals surface area contributed by atoms with E-state index in [1.807, 2.05) is 0 Å². The Morgan fingerprint density at radius 1 is 1.43 bits per heavy atom. The maximum absolute atomic E-state index is 5.29. The topological polar surface area (TPSA) is 58.3 Å². The molecule has 6 nitrogen and oxygen atoms in total. The molecule has 1 aliphatic rings. The van der Waals surface area contributed by atoms with Gasteiger partial charge < -0.3 is 4.52 Å². The second-order valence-electron chi connectivity index (χ2n) is 6.65. The van der Waals surface area contributed by atoms with Crippen molar-refractivity contribution in [3.8, 4) is 0 Å². The fourth-order valence-corrected chi connectivity index (χ4v) is 3.55. The zero-order chi connectivity index (χ0) is 16.4. The summed E-state index contributed by atoms with van der Waals surface area (Å²) in [4.78, 5) is 13.8. The van der Waals surface area contributed by atoms with E-state index in [1.165, 1.54) is 12.1 Å². The van der Waals surface area contributed by atoms with Gasteiger partial charge in [0.15, 0.2) is 5.82 Å². The molecule has 0 spiro atoms. The molecule has 23 heavy (non-hydrogen) atoms. The number of rotatable bonds is 6. The van der Waals surface area contributed by atoms with Crippen LogP contribution < -0.4 is 0 Å². The van der Waals surface area contributed by atoms with Crippen LogP contribution in [0.2, 0.25) is 0 Å². The second kappa shape index (κ2) is 7.07. The molecule has 7 heteroatoms. The molecule has 0 unspecified atom stereocenters. The van der Waals surface area contributed by atoms with Gasteiger partial charge in [-0.15, -0.1) is 11.3 Å². The minimum Gasteiger partial charge on any atom is -0.339 e. The van der Waals surface area contributed by atoms with Crippen molar-refractivity contribution >= 4 is 11.3 Å². The number of hydrogen-bond acceptors (Lipinski definition) is 7. The van der Waals surface area contributed by atoms with E-state index in [4.69, 9.17) is 4.52 Å². The number of thiazole rings is 1. The van der Waals surface area contributed by atoms with Gasteiger partial charge in [-0.25, -0.2) is 4.98 Å². The van der Waals surface area contributed by atoms with E-state index in [9.17, 15) is 0 Å². The molecule has 0 radical (unpaired) electrons. The molecule has 0 bridgehead atoms. The number of likely N-dealkylation sites (N-methyl/N-ethyl adjacent to an activating group) is 1. The number of nitrogens with zero attached hydrogens (tertiary/aromatic N) is 5. The van der Waals surface area contributed by atoms with Gasteiger partial charge in [0.05, 0.1) is 17.2 Å². The van der Waals surface area contributed by atoms with Crippen molar-refractivity contribution in [3.63, 3.8) is 0 Å². The molecule has 0 aliphatic carbocycles. The van der Waals surface area contributed by atoms with Crippen molar-refractivity contribution in [3.05, 3.63) is 27.8 Å². The average Bonchev–Trinajstić information content (AvgIpc) is 3.20. The van der Waals surface area contributed by atoms with Crippen molar-refractivity contribution < 1.29 is 4.52 Å². The Bertz CT molecular complexity index is 638. The van der Waals surface area contributed by atoms with Crippen LogP contribution in [0, 0.1) is 6.92 Å². The third kappa shape index (κ3) is 4.16. The van der Waals surface area contributed by atoms with Crippen molar-refractivity contribution in [2.24, 2.45) is 0 Å². The number of likely N-dealkylation sites (tertiary alicyclic amines) is 1. The van der Waals surface area contributed by atoms with E-state index in [-0.39, 0.29) is 5.92 Å². The van der Waals surface area contributed by atoms with E-state index < -0.39 is 0 Å². The van der Waals surface area contributed by atoms with Gasteiger partial charge in [0.1, 0.15) is 0 Å². The average molecular weight is 335 g/mol. The highest BCUT2D eigenvalue weighted by molar-refractivity contribution is 7.09. The zero-order valence-electron chi connectivity index (χ0n) is 14.3. The van der Waals surface area contributed by atoms with Crippen LogP contribution >= 0.6 is 11.3 Å². The number of aryl methyl sites for hydroxylation is 1. The highest BCUT2D eigenvalue weighted by atomic mass is 32.1. The molecule has 126 valence electrons. The Labute approximate surface area is 141 Å². The quantitative estimate of drug-likeness (QED) is 0.809. The third-order valence-electron chi connectivity index (χ3n) is 4.29. The molecule has 0 saturated carbocycles. The van der Waals surface area contributed by atoms with Crippen LogP contribution in [0.25, 0.3) is 0 Å². The van der Waals surface area contributed by atoms with Crippen molar-refractivity contribution in [1.82, 2.24) is 24.9 Å². The van der Waals surface area contributed by atoms with Gasteiger partial charge in [-0.3, -0.25) is 9.80 Å². The van der Waals surface area contributed by atoms with E-state index in [0.717, 1.165) is 42.9 Å². The van der Waals surface area contributed by atoms with Crippen LogP contribution in [-0.2, 0) is 13.1 Å². The summed E-state index contributed by atoms with van der Waals surface area (Å²) in [6, 6.07) is 0.538.